The molecule has 0 aliphatic heterocycles. The molecule has 2 aliphatic carbocycles. The monoisotopic (exact) mass is 491 g/mol. The van der Waals surface area contributed by atoms with Crippen LogP contribution in [-0.4, -0.2) is 57.4 Å². The van der Waals surface area contributed by atoms with Crippen molar-refractivity contribution in [1.82, 2.24) is 15.5 Å². The predicted octanol–water partition coefficient (Wildman–Crippen LogP) is 3.70. The number of amides is 3. The highest BCUT2D eigenvalue weighted by molar-refractivity contribution is 7.80. The number of carbonyl (C=O) groups excluding carboxylic acids is 3. The summed E-state index contributed by atoms with van der Waals surface area (Å²) in [4.78, 5) is 41.3. The van der Waals surface area contributed by atoms with Crippen molar-refractivity contribution in [1.29, 1.82) is 0 Å². The maximum absolute atomic E-state index is 13.7. The molecule has 3 N–H and O–H groups in total. The molecule has 1 aromatic carbocycles. The fraction of sp³-hybridized carbons (Fsp3) is 0.640. The van der Waals surface area contributed by atoms with Gasteiger partial charge in [-0.25, -0.2) is 4.79 Å². The number of hydrogen-bond donors (Lipinski definition) is 4. The molecular weight excluding hydrogens is 454 g/mol. The van der Waals surface area contributed by atoms with E-state index in [1.54, 1.807) is 37.8 Å². The van der Waals surface area contributed by atoms with Gasteiger partial charge in [-0.2, -0.15) is 12.6 Å². The first-order valence-corrected chi connectivity index (χ1v) is 12.7. The molecule has 3 rings (SSSR count). The highest BCUT2D eigenvalue weighted by Gasteiger charge is 2.44. The van der Waals surface area contributed by atoms with Crippen LogP contribution in [0.2, 0.25) is 0 Å². The summed E-state index contributed by atoms with van der Waals surface area (Å²) in [6.07, 6.45) is 6.01. The number of thiol groups is 1. The lowest BCUT2D eigenvalue weighted by atomic mass is 9.94. The Morgan fingerprint density at radius 3 is 2.24 bits per heavy atom. The zero-order chi connectivity index (χ0) is 24.9. The Labute approximate surface area is 207 Å². The first-order chi connectivity index (χ1) is 16.1. The van der Waals surface area contributed by atoms with Gasteiger partial charge in [0.05, 0.1) is 0 Å². The average Bonchev–Trinajstić information content (AvgIpc) is 3.60. The molecule has 2 atom stereocenters. The van der Waals surface area contributed by atoms with E-state index in [1.807, 2.05) is 0 Å². The van der Waals surface area contributed by atoms with Crippen LogP contribution in [0, 0.1) is 0 Å². The van der Waals surface area contributed by atoms with E-state index in [-0.39, 0.29) is 35.4 Å². The van der Waals surface area contributed by atoms with Gasteiger partial charge in [0, 0.05) is 17.8 Å². The third kappa shape index (κ3) is 7.29. The fourth-order valence-electron chi connectivity index (χ4n) is 4.31. The number of rotatable bonds is 8. The molecule has 9 heteroatoms. The van der Waals surface area contributed by atoms with Crippen LogP contribution >= 0.6 is 12.6 Å². The number of nitrogens with zero attached hydrogens (tertiary/aromatic N) is 1. The molecule has 188 valence electrons. The van der Waals surface area contributed by atoms with E-state index < -0.39 is 23.8 Å². The normalized spacial score (nSPS) is 18.5. The maximum atomic E-state index is 13.7. The molecule has 0 heterocycles. The zero-order valence-electron chi connectivity index (χ0n) is 20.3. The van der Waals surface area contributed by atoms with Crippen molar-refractivity contribution in [3.8, 4) is 5.75 Å². The van der Waals surface area contributed by atoms with Crippen molar-refractivity contribution in [2.75, 3.05) is 5.75 Å². The van der Waals surface area contributed by atoms with Crippen LogP contribution in [0.4, 0.5) is 4.79 Å². The van der Waals surface area contributed by atoms with Crippen LogP contribution in [-0.2, 0) is 14.3 Å². The zero-order valence-corrected chi connectivity index (χ0v) is 21.1. The van der Waals surface area contributed by atoms with E-state index in [4.69, 9.17) is 4.74 Å². The SMILES string of the molecule is CC(C)(C)OC(=O)NC(CS)C(=O)N(C1CC1)C(C(=O)NC1CCCCC1)c1ccc(O)cc1. The van der Waals surface area contributed by atoms with Crippen LogP contribution in [0.1, 0.15) is 77.3 Å². The summed E-state index contributed by atoms with van der Waals surface area (Å²) < 4.78 is 5.32. The number of phenols is 1. The Morgan fingerprint density at radius 2 is 1.71 bits per heavy atom. The van der Waals surface area contributed by atoms with E-state index in [1.165, 1.54) is 18.6 Å². The highest BCUT2D eigenvalue weighted by atomic mass is 32.1. The highest BCUT2D eigenvalue weighted by Crippen LogP contribution is 2.36. The summed E-state index contributed by atoms with van der Waals surface area (Å²) in [5.41, 5.74) is -0.0969. The molecule has 0 bridgehead atoms. The van der Waals surface area contributed by atoms with Gasteiger partial charge in [-0.05, 0) is 64.2 Å². The second-order valence-corrected chi connectivity index (χ2v) is 10.6. The van der Waals surface area contributed by atoms with Gasteiger partial charge >= 0.3 is 6.09 Å². The fourth-order valence-corrected chi connectivity index (χ4v) is 4.56. The summed E-state index contributed by atoms with van der Waals surface area (Å²) in [5.74, 6) is -0.471. The van der Waals surface area contributed by atoms with Gasteiger partial charge < -0.3 is 25.4 Å². The molecule has 1 aromatic rings. The number of hydrogen-bond acceptors (Lipinski definition) is 6. The van der Waals surface area contributed by atoms with Gasteiger partial charge in [0.2, 0.25) is 11.8 Å². The third-order valence-corrected chi connectivity index (χ3v) is 6.42. The Hall–Kier alpha value is -2.42. The van der Waals surface area contributed by atoms with Crippen molar-refractivity contribution < 1.29 is 24.2 Å². The number of phenolic OH excluding ortho intramolecular Hbond substituents is 1. The number of carbonyl (C=O) groups is 3. The van der Waals surface area contributed by atoms with E-state index in [0.29, 0.717) is 5.56 Å². The van der Waals surface area contributed by atoms with Crippen LogP contribution in [0.5, 0.6) is 5.75 Å². The maximum Gasteiger partial charge on any atom is 0.408 e. The number of aromatic hydroxyl groups is 1. The molecule has 2 aliphatic rings. The summed E-state index contributed by atoms with van der Waals surface area (Å²) >= 11 is 4.30. The summed E-state index contributed by atoms with van der Waals surface area (Å²) in [7, 11) is 0. The van der Waals surface area contributed by atoms with Crippen LogP contribution in [0.3, 0.4) is 0 Å². The summed E-state index contributed by atoms with van der Waals surface area (Å²) in [5, 5.41) is 15.5. The van der Waals surface area contributed by atoms with Crippen LogP contribution in [0.25, 0.3) is 0 Å². The van der Waals surface area contributed by atoms with Crippen molar-refractivity contribution in [3.63, 3.8) is 0 Å². The molecule has 2 unspecified atom stereocenters. The quantitative estimate of drug-likeness (QED) is 0.415. The molecule has 34 heavy (non-hydrogen) atoms. The van der Waals surface area contributed by atoms with E-state index in [2.05, 4.69) is 23.3 Å². The average molecular weight is 492 g/mol. The second-order valence-electron chi connectivity index (χ2n) is 10.2. The first-order valence-electron chi connectivity index (χ1n) is 12.1. The number of alkyl carbamates (subject to hydrolysis) is 1. The van der Waals surface area contributed by atoms with Crippen LogP contribution in [0.15, 0.2) is 24.3 Å². The Morgan fingerprint density at radius 1 is 1.09 bits per heavy atom. The van der Waals surface area contributed by atoms with Crippen molar-refractivity contribution in [2.24, 2.45) is 0 Å². The Balaban J connectivity index is 1.87. The smallest absolute Gasteiger partial charge is 0.408 e. The molecule has 2 fully saturated rings. The van der Waals surface area contributed by atoms with Gasteiger partial charge in [-0.1, -0.05) is 31.4 Å². The molecule has 0 aromatic heterocycles. The molecule has 0 saturated heterocycles. The van der Waals surface area contributed by atoms with Crippen molar-refractivity contribution in [2.45, 2.75) is 95.5 Å². The minimum Gasteiger partial charge on any atom is -0.508 e. The van der Waals surface area contributed by atoms with Gasteiger partial charge in [0.25, 0.3) is 0 Å². The van der Waals surface area contributed by atoms with E-state index in [0.717, 1.165) is 38.5 Å². The minimum absolute atomic E-state index is 0.0633. The largest absolute Gasteiger partial charge is 0.508 e. The summed E-state index contributed by atoms with van der Waals surface area (Å²) in [6.45, 7) is 5.24. The van der Waals surface area contributed by atoms with Gasteiger partial charge in [-0.3, -0.25) is 9.59 Å². The molecule has 2 saturated carbocycles. The molecule has 3 amide bonds. The van der Waals surface area contributed by atoms with Gasteiger partial charge in [0.15, 0.2) is 0 Å². The predicted molar refractivity (Wildman–Crippen MR) is 133 cm³/mol. The van der Waals surface area contributed by atoms with Gasteiger partial charge in [0.1, 0.15) is 23.4 Å². The van der Waals surface area contributed by atoms with E-state index in [9.17, 15) is 19.5 Å². The van der Waals surface area contributed by atoms with Gasteiger partial charge in [-0.15, -0.1) is 0 Å². The molecule has 8 nitrogen and oxygen atoms in total. The number of nitrogens with one attached hydrogen (secondary N) is 2. The standard InChI is InChI=1S/C25H37N3O5S/c1-25(2,3)33-24(32)27-20(15-34)23(31)28(18-11-12-18)21(16-9-13-19(29)14-10-16)22(30)26-17-7-5-4-6-8-17/h9-10,13-14,17-18,20-21,29,34H,4-8,11-12,15H2,1-3H3,(H,26,30)(H,27,32). The number of ether oxygens (including phenoxy) is 1. The molecule has 0 radical (unpaired) electrons. The van der Waals surface area contributed by atoms with E-state index >= 15 is 0 Å². The first kappa shape index (κ1) is 26.2. The molecular formula is C25H37N3O5S. The molecule has 0 spiro atoms. The lowest BCUT2D eigenvalue weighted by Crippen LogP contribution is -2.55. The minimum atomic E-state index is -0.944. The van der Waals surface area contributed by atoms with Crippen molar-refractivity contribution in [3.05, 3.63) is 29.8 Å². The number of benzene rings is 1. The second kappa shape index (κ2) is 11.3. The Bertz CT molecular complexity index is 860. The lowest BCUT2D eigenvalue weighted by molar-refractivity contribution is -0.143. The Kier molecular flexibility index (Phi) is 8.73. The van der Waals surface area contributed by atoms with Crippen LogP contribution < -0.4 is 10.6 Å². The van der Waals surface area contributed by atoms with Crippen molar-refractivity contribution >= 4 is 30.5 Å². The lowest BCUT2D eigenvalue weighted by Gasteiger charge is -2.35. The summed E-state index contributed by atoms with van der Waals surface area (Å²) in [6, 6.07) is 4.53. The topological polar surface area (TPSA) is 108 Å². The third-order valence-electron chi connectivity index (χ3n) is 6.05.